The molecule has 0 radical (unpaired) electrons. The number of carbonyl (C=O) groups excluding carboxylic acids is 1. The number of hydrogen-bond acceptors (Lipinski definition) is 3. The molecular formula is C17H26N2O2. The number of likely N-dealkylation sites (N-methyl/N-ethyl adjacent to an activating group) is 1. The summed E-state index contributed by atoms with van der Waals surface area (Å²) in [5, 5.41) is 3.07. The topological polar surface area (TPSA) is 41.6 Å². The Bertz CT molecular complexity index is 462. The molecule has 1 aromatic rings. The van der Waals surface area contributed by atoms with E-state index in [2.05, 4.69) is 10.2 Å². The van der Waals surface area contributed by atoms with Crippen molar-refractivity contribution in [1.29, 1.82) is 0 Å². The molecule has 1 heterocycles. The van der Waals surface area contributed by atoms with E-state index in [1.165, 1.54) is 12.8 Å². The Labute approximate surface area is 127 Å². The molecule has 0 bridgehead atoms. The molecule has 1 aromatic carbocycles. The molecule has 1 atom stereocenters. The second-order valence-electron chi connectivity index (χ2n) is 5.60. The van der Waals surface area contributed by atoms with Crippen molar-refractivity contribution < 1.29 is 9.53 Å². The number of nitrogens with zero attached hydrogens (tertiary/aromatic N) is 1. The Morgan fingerprint density at radius 3 is 2.95 bits per heavy atom. The largest absolute Gasteiger partial charge is 0.494 e. The Balaban J connectivity index is 1.94. The fourth-order valence-corrected chi connectivity index (χ4v) is 2.83. The number of ether oxygens (including phenoxy) is 1. The van der Waals surface area contributed by atoms with Gasteiger partial charge in [-0.3, -0.25) is 9.69 Å². The minimum Gasteiger partial charge on any atom is -0.494 e. The fourth-order valence-electron chi connectivity index (χ4n) is 2.83. The summed E-state index contributed by atoms with van der Waals surface area (Å²) in [4.78, 5) is 14.6. The molecule has 21 heavy (non-hydrogen) atoms. The summed E-state index contributed by atoms with van der Waals surface area (Å²) in [7, 11) is 2.05. The van der Waals surface area contributed by atoms with Crippen LogP contribution in [0.15, 0.2) is 24.3 Å². The van der Waals surface area contributed by atoms with Crippen molar-refractivity contribution in [3.63, 3.8) is 0 Å². The lowest BCUT2D eigenvalue weighted by Gasteiger charge is -2.24. The molecule has 0 spiro atoms. The van der Waals surface area contributed by atoms with Gasteiger partial charge in [0.25, 0.3) is 0 Å². The van der Waals surface area contributed by atoms with Gasteiger partial charge < -0.3 is 10.1 Å². The zero-order valence-electron chi connectivity index (χ0n) is 13.1. The van der Waals surface area contributed by atoms with Crippen LogP contribution in [0, 0.1) is 0 Å². The minimum absolute atomic E-state index is 0.00626. The maximum absolute atomic E-state index is 12.4. The van der Waals surface area contributed by atoms with Crippen LogP contribution in [0.2, 0.25) is 0 Å². The average Bonchev–Trinajstić information content (AvgIpc) is 2.71. The second kappa shape index (κ2) is 8.03. The number of likely N-dealkylation sites (tertiary alicyclic amines) is 1. The zero-order chi connectivity index (χ0) is 15.1. The smallest absolute Gasteiger partial charge is 0.237 e. The molecule has 0 aromatic heterocycles. The van der Waals surface area contributed by atoms with Crippen molar-refractivity contribution in [2.75, 3.05) is 20.2 Å². The lowest BCUT2D eigenvalue weighted by molar-refractivity contribution is -0.126. The molecule has 1 saturated heterocycles. The van der Waals surface area contributed by atoms with Crippen molar-refractivity contribution in [3.05, 3.63) is 29.8 Å². The standard InChI is InChI=1S/C17H26N2O2/c1-3-21-16-11-7-6-9-14(16)13-18-17(20)15-10-5-4-8-12-19(15)2/h6-7,9,11,15H,3-5,8,10,12-13H2,1-2H3,(H,18,20)/t15-/m1/s1. The van der Waals surface area contributed by atoms with Crippen LogP contribution in [0.25, 0.3) is 0 Å². The molecule has 4 nitrogen and oxygen atoms in total. The summed E-state index contributed by atoms with van der Waals surface area (Å²) in [6, 6.07) is 7.88. The predicted molar refractivity (Wildman–Crippen MR) is 84.3 cm³/mol. The zero-order valence-corrected chi connectivity index (χ0v) is 13.1. The number of hydrogen-bond donors (Lipinski definition) is 1. The number of benzene rings is 1. The van der Waals surface area contributed by atoms with Crippen molar-refractivity contribution in [3.8, 4) is 5.75 Å². The van der Waals surface area contributed by atoms with Gasteiger partial charge in [0, 0.05) is 12.1 Å². The van der Waals surface area contributed by atoms with Crippen LogP contribution in [0.3, 0.4) is 0 Å². The molecule has 1 aliphatic heterocycles. The number of rotatable bonds is 5. The Morgan fingerprint density at radius 1 is 1.33 bits per heavy atom. The highest BCUT2D eigenvalue weighted by atomic mass is 16.5. The van der Waals surface area contributed by atoms with Crippen molar-refractivity contribution in [2.45, 2.75) is 45.2 Å². The minimum atomic E-state index is 0.00626. The van der Waals surface area contributed by atoms with Crippen LogP contribution >= 0.6 is 0 Å². The highest BCUT2D eigenvalue weighted by Gasteiger charge is 2.24. The average molecular weight is 290 g/mol. The van der Waals surface area contributed by atoms with E-state index in [4.69, 9.17) is 4.74 Å². The first kappa shape index (κ1) is 15.8. The van der Waals surface area contributed by atoms with Crippen LogP contribution in [-0.4, -0.2) is 37.0 Å². The third-order valence-electron chi connectivity index (χ3n) is 4.05. The van der Waals surface area contributed by atoms with Gasteiger partial charge in [0.2, 0.25) is 5.91 Å². The molecule has 0 unspecified atom stereocenters. The van der Waals surface area contributed by atoms with Crippen LogP contribution in [0.5, 0.6) is 5.75 Å². The summed E-state index contributed by atoms with van der Waals surface area (Å²) in [5.74, 6) is 0.986. The lowest BCUT2D eigenvalue weighted by Crippen LogP contribution is -2.44. The molecule has 1 N–H and O–H groups in total. The molecule has 1 amide bonds. The lowest BCUT2D eigenvalue weighted by atomic mass is 10.1. The summed E-state index contributed by atoms with van der Waals surface area (Å²) in [5.41, 5.74) is 1.03. The predicted octanol–water partition coefficient (Wildman–Crippen LogP) is 2.58. The number of para-hydroxylation sites is 1. The van der Waals surface area contributed by atoms with Gasteiger partial charge in [-0.25, -0.2) is 0 Å². The van der Waals surface area contributed by atoms with Gasteiger partial charge in [0.15, 0.2) is 0 Å². The van der Waals surface area contributed by atoms with Gasteiger partial charge in [-0.2, -0.15) is 0 Å². The third-order valence-corrected chi connectivity index (χ3v) is 4.05. The normalized spacial score (nSPS) is 19.8. The molecule has 116 valence electrons. The molecule has 0 aliphatic carbocycles. The van der Waals surface area contributed by atoms with Gasteiger partial charge in [0.1, 0.15) is 5.75 Å². The number of amides is 1. The third kappa shape index (κ3) is 4.46. The van der Waals surface area contributed by atoms with Crippen molar-refractivity contribution in [2.24, 2.45) is 0 Å². The first-order valence-corrected chi connectivity index (χ1v) is 7.91. The first-order chi connectivity index (χ1) is 10.2. The Hall–Kier alpha value is -1.55. The van der Waals surface area contributed by atoms with Gasteiger partial charge >= 0.3 is 0 Å². The molecule has 4 heteroatoms. The summed E-state index contributed by atoms with van der Waals surface area (Å²) >= 11 is 0. The van der Waals surface area contributed by atoms with E-state index in [0.29, 0.717) is 13.2 Å². The number of nitrogens with one attached hydrogen (secondary N) is 1. The quantitative estimate of drug-likeness (QED) is 0.906. The second-order valence-corrected chi connectivity index (χ2v) is 5.60. The van der Waals surface area contributed by atoms with E-state index < -0.39 is 0 Å². The van der Waals surface area contributed by atoms with E-state index in [1.54, 1.807) is 0 Å². The highest BCUT2D eigenvalue weighted by Crippen LogP contribution is 2.19. The van der Waals surface area contributed by atoms with Crippen LogP contribution < -0.4 is 10.1 Å². The van der Waals surface area contributed by atoms with Crippen LogP contribution in [0.1, 0.15) is 38.2 Å². The maximum Gasteiger partial charge on any atom is 0.237 e. The van der Waals surface area contributed by atoms with E-state index >= 15 is 0 Å². The molecule has 1 fully saturated rings. The van der Waals surface area contributed by atoms with Crippen molar-refractivity contribution >= 4 is 5.91 Å². The Morgan fingerprint density at radius 2 is 2.14 bits per heavy atom. The van der Waals surface area contributed by atoms with Crippen LogP contribution in [0.4, 0.5) is 0 Å². The molecule has 1 aliphatic rings. The summed E-state index contributed by atoms with van der Waals surface area (Å²) < 4.78 is 5.59. The van der Waals surface area contributed by atoms with E-state index in [9.17, 15) is 4.79 Å². The Kier molecular flexibility index (Phi) is 6.05. The van der Waals surface area contributed by atoms with Gasteiger partial charge in [-0.15, -0.1) is 0 Å². The molecular weight excluding hydrogens is 264 g/mol. The van der Waals surface area contributed by atoms with Gasteiger partial charge in [0.05, 0.1) is 12.6 Å². The summed E-state index contributed by atoms with van der Waals surface area (Å²) in [6.45, 7) is 4.14. The van der Waals surface area contributed by atoms with Crippen molar-refractivity contribution in [1.82, 2.24) is 10.2 Å². The number of carbonyl (C=O) groups is 1. The fraction of sp³-hybridized carbons (Fsp3) is 0.588. The van der Waals surface area contributed by atoms with Gasteiger partial charge in [-0.05, 0) is 39.4 Å². The van der Waals surface area contributed by atoms with Crippen LogP contribution in [-0.2, 0) is 11.3 Å². The SMILES string of the molecule is CCOc1ccccc1CNC(=O)[C@H]1CCCCCN1C. The van der Waals surface area contributed by atoms with E-state index in [-0.39, 0.29) is 11.9 Å². The molecule has 2 rings (SSSR count). The van der Waals surface area contributed by atoms with E-state index in [0.717, 1.165) is 30.7 Å². The monoisotopic (exact) mass is 290 g/mol. The van der Waals surface area contributed by atoms with E-state index in [1.807, 2.05) is 38.2 Å². The first-order valence-electron chi connectivity index (χ1n) is 7.91. The maximum atomic E-state index is 12.4. The molecule has 0 saturated carbocycles. The highest BCUT2D eigenvalue weighted by molar-refractivity contribution is 5.81. The summed E-state index contributed by atoms with van der Waals surface area (Å²) in [6.07, 6.45) is 4.50. The van der Waals surface area contributed by atoms with Gasteiger partial charge in [-0.1, -0.05) is 31.0 Å².